The standard InChI is InChI=1S/C12H19N3O/c1-8-6-14-12(5-11(8)13)15-9(2)10-3-4-16-7-10/h5-6,9-10H,3-4,7H2,1-2H3,(H3,13,14,15). The molecule has 0 bridgehead atoms. The van der Waals surface area contributed by atoms with Gasteiger partial charge in [-0.2, -0.15) is 0 Å². The number of rotatable bonds is 3. The van der Waals surface area contributed by atoms with E-state index in [0.29, 0.717) is 12.0 Å². The molecule has 2 atom stereocenters. The summed E-state index contributed by atoms with van der Waals surface area (Å²) in [6.45, 7) is 5.84. The monoisotopic (exact) mass is 221 g/mol. The second-order valence-electron chi connectivity index (χ2n) is 4.48. The van der Waals surface area contributed by atoms with Crippen LogP contribution in [0.3, 0.4) is 0 Å². The number of hydrogen-bond donors (Lipinski definition) is 2. The Bertz CT molecular complexity index is 361. The molecular weight excluding hydrogens is 202 g/mol. The molecule has 3 N–H and O–H groups in total. The van der Waals surface area contributed by atoms with Crippen molar-refractivity contribution in [2.75, 3.05) is 24.3 Å². The van der Waals surface area contributed by atoms with E-state index in [0.717, 1.165) is 36.7 Å². The van der Waals surface area contributed by atoms with Crippen molar-refractivity contribution in [3.05, 3.63) is 17.8 Å². The normalized spacial score (nSPS) is 22.0. The van der Waals surface area contributed by atoms with Crippen molar-refractivity contribution in [3.63, 3.8) is 0 Å². The number of nitrogen functional groups attached to an aromatic ring is 1. The summed E-state index contributed by atoms with van der Waals surface area (Å²) in [6, 6.07) is 2.26. The van der Waals surface area contributed by atoms with Crippen LogP contribution in [0, 0.1) is 12.8 Å². The number of pyridine rings is 1. The van der Waals surface area contributed by atoms with Crippen molar-refractivity contribution < 1.29 is 4.74 Å². The minimum atomic E-state index is 0.372. The van der Waals surface area contributed by atoms with E-state index in [1.54, 1.807) is 6.20 Å². The van der Waals surface area contributed by atoms with Crippen LogP contribution in [0.2, 0.25) is 0 Å². The van der Waals surface area contributed by atoms with E-state index < -0.39 is 0 Å². The van der Waals surface area contributed by atoms with E-state index >= 15 is 0 Å². The second kappa shape index (κ2) is 4.70. The second-order valence-corrected chi connectivity index (χ2v) is 4.48. The van der Waals surface area contributed by atoms with Crippen LogP contribution in [-0.2, 0) is 4.74 Å². The molecule has 2 heterocycles. The van der Waals surface area contributed by atoms with Crippen LogP contribution < -0.4 is 11.1 Å². The van der Waals surface area contributed by atoms with Gasteiger partial charge in [0.1, 0.15) is 5.82 Å². The lowest BCUT2D eigenvalue weighted by atomic mass is 10.0. The fourth-order valence-electron chi connectivity index (χ4n) is 1.92. The molecular formula is C12H19N3O. The third-order valence-corrected chi connectivity index (χ3v) is 3.19. The quantitative estimate of drug-likeness (QED) is 0.817. The molecule has 88 valence electrons. The Kier molecular flexibility index (Phi) is 3.29. The number of hydrogen-bond acceptors (Lipinski definition) is 4. The van der Waals surface area contributed by atoms with Gasteiger partial charge in [0.05, 0.1) is 6.61 Å². The third kappa shape index (κ3) is 2.44. The molecule has 4 nitrogen and oxygen atoms in total. The predicted octanol–water partition coefficient (Wildman–Crippen LogP) is 1.81. The number of ether oxygens (including phenoxy) is 1. The largest absolute Gasteiger partial charge is 0.398 e. The van der Waals surface area contributed by atoms with Crippen LogP contribution in [0.15, 0.2) is 12.3 Å². The summed E-state index contributed by atoms with van der Waals surface area (Å²) in [5.74, 6) is 1.42. The lowest BCUT2D eigenvalue weighted by molar-refractivity contribution is 0.183. The molecule has 0 saturated carbocycles. The van der Waals surface area contributed by atoms with Crippen LogP contribution in [0.5, 0.6) is 0 Å². The van der Waals surface area contributed by atoms with Gasteiger partial charge >= 0.3 is 0 Å². The summed E-state index contributed by atoms with van der Waals surface area (Å²) in [4.78, 5) is 4.32. The van der Waals surface area contributed by atoms with Gasteiger partial charge in [-0.15, -0.1) is 0 Å². The number of nitrogens with one attached hydrogen (secondary N) is 1. The number of aromatic nitrogens is 1. The van der Waals surface area contributed by atoms with E-state index in [1.165, 1.54) is 0 Å². The highest BCUT2D eigenvalue weighted by Crippen LogP contribution is 2.21. The van der Waals surface area contributed by atoms with Crippen molar-refractivity contribution >= 4 is 11.5 Å². The summed E-state index contributed by atoms with van der Waals surface area (Å²) < 4.78 is 5.37. The molecule has 1 aliphatic heterocycles. The Labute approximate surface area is 96.2 Å². The fourth-order valence-corrected chi connectivity index (χ4v) is 1.92. The average Bonchev–Trinajstić information content (AvgIpc) is 2.77. The molecule has 1 aromatic rings. The molecule has 1 aliphatic rings. The lowest BCUT2D eigenvalue weighted by Gasteiger charge is -2.20. The van der Waals surface area contributed by atoms with E-state index in [4.69, 9.17) is 10.5 Å². The Morgan fingerprint density at radius 1 is 1.62 bits per heavy atom. The highest BCUT2D eigenvalue weighted by molar-refractivity contribution is 5.53. The van der Waals surface area contributed by atoms with Gasteiger partial charge in [-0.1, -0.05) is 0 Å². The maximum atomic E-state index is 5.85. The highest BCUT2D eigenvalue weighted by Gasteiger charge is 2.22. The molecule has 2 rings (SSSR count). The lowest BCUT2D eigenvalue weighted by Crippen LogP contribution is -2.26. The Morgan fingerprint density at radius 2 is 2.44 bits per heavy atom. The van der Waals surface area contributed by atoms with Crippen molar-refractivity contribution in [1.82, 2.24) is 4.98 Å². The molecule has 1 aromatic heterocycles. The number of nitrogens with zero attached hydrogens (tertiary/aromatic N) is 1. The van der Waals surface area contributed by atoms with E-state index in [-0.39, 0.29) is 0 Å². The molecule has 0 aromatic carbocycles. The zero-order chi connectivity index (χ0) is 11.5. The topological polar surface area (TPSA) is 60.2 Å². The van der Waals surface area contributed by atoms with Gasteiger partial charge in [-0.3, -0.25) is 0 Å². The van der Waals surface area contributed by atoms with Crippen LogP contribution in [0.1, 0.15) is 18.9 Å². The van der Waals surface area contributed by atoms with Crippen molar-refractivity contribution in [2.24, 2.45) is 5.92 Å². The van der Waals surface area contributed by atoms with Gasteiger partial charge in [0, 0.05) is 36.5 Å². The molecule has 1 saturated heterocycles. The van der Waals surface area contributed by atoms with Gasteiger partial charge < -0.3 is 15.8 Å². The summed E-state index contributed by atoms with van der Waals surface area (Å²) in [5, 5.41) is 3.38. The first-order chi connectivity index (χ1) is 7.66. The van der Waals surface area contributed by atoms with Crippen LogP contribution in [0.4, 0.5) is 11.5 Å². The van der Waals surface area contributed by atoms with Crippen LogP contribution in [0.25, 0.3) is 0 Å². The average molecular weight is 221 g/mol. The third-order valence-electron chi connectivity index (χ3n) is 3.19. The molecule has 0 radical (unpaired) electrons. The summed E-state index contributed by atoms with van der Waals surface area (Å²) >= 11 is 0. The van der Waals surface area contributed by atoms with Crippen molar-refractivity contribution in [1.29, 1.82) is 0 Å². The fraction of sp³-hybridized carbons (Fsp3) is 0.583. The molecule has 2 unspecified atom stereocenters. The first-order valence-corrected chi connectivity index (χ1v) is 5.73. The summed E-state index contributed by atoms with van der Waals surface area (Å²) in [7, 11) is 0. The maximum Gasteiger partial charge on any atom is 0.128 e. The smallest absolute Gasteiger partial charge is 0.128 e. The van der Waals surface area contributed by atoms with E-state index in [9.17, 15) is 0 Å². The number of aryl methyl sites for hydroxylation is 1. The van der Waals surface area contributed by atoms with E-state index in [2.05, 4.69) is 17.2 Å². The Hall–Kier alpha value is -1.29. The molecule has 0 amide bonds. The van der Waals surface area contributed by atoms with Gasteiger partial charge in [0.15, 0.2) is 0 Å². The van der Waals surface area contributed by atoms with Crippen molar-refractivity contribution in [3.8, 4) is 0 Å². The first kappa shape index (κ1) is 11.2. The zero-order valence-electron chi connectivity index (χ0n) is 9.86. The summed E-state index contributed by atoms with van der Waals surface area (Å²) in [6.07, 6.45) is 2.92. The van der Waals surface area contributed by atoms with Crippen molar-refractivity contribution in [2.45, 2.75) is 26.3 Å². The minimum absolute atomic E-state index is 0.372. The number of nitrogens with two attached hydrogens (primary N) is 1. The minimum Gasteiger partial charge on any atom is -0.398 e. The molecule has 4 heteroatoms. The number of anilines is 2. The molecule has 1 fully saturated rings. The van der Waals surface area contributed by atoms with E-state index in [1.807, 2.05) is 13.0 Å². The SMILES string of the molecule is Cc1cnc(NC(C)C2CCOC2)cc1N. The van der Waals surface area contributed by atoms with Gasteiger partial charge in [0.25, 0.3) is 0 Å². The van der Waals surface area contributed by atoms with Crippen LogP contribution in [-0.4, -0.2) is 24.2 Å². The summed E-state index contributed by atoms with van der Waals surface area (Å²) in [5.41, 5.74) is 7.65. The Balaban J connectivity index is 1.99. The maximum absolute atomic E-state index is 5.85. The molecule has 16 heavy (non-hydrogen) atoms. The highest BCUT2D eigenvalue weighted by atomic mass is 16.5. The molecule has 0 aliphatic carbocycles. The predicted molar refractivity (Wildman–Crippen MR) is 65.4 cm³/mol. The van der Waals surface area contributed by atoms with Gasteiger partial charge in [-0.05, 0) is 25.8 Å². The zero-order valence-corrected chi connectivity index (χ0v) is 9.86. The van der Waals surface area contributed by atoms with Gasteiger partial charge in [-0.25, -0.2) is 4.98 Å². The van der Waals surface area contributed by atoms with Gasteiger partial charge in [0.2, 0.25) is 0 Å². The van der Waals surface area contributed by atoms with Crippen LogP contribution >= 0.6 is 0 Å². The molecule has 0 spiro atoms. The Morgan fingerprint density at radius 3 is 3.06 bits per heavy atom. The first-order valence-electron chi connectivity index (χ1n) is 5.73.